The van der Waals surface area contributed by atoms with Gasteiger partial charge in [0.25, 0.3) is 0 Å². The molecule has 0 aliphatic heterocycles. The maximum absolute atomic E-state index is 9.21. The van der Waals surface area contributed by atoms with Crippen LogP contribution in [0, 0.1) is 5.41 Å². The van der Waals surface area contributed by atoms with Gasteiger partial charge in [0.1, 0.15) is 0 Å². The molecule has 1 fully saturated rings. The molecule has 1 aliphatic carbocycles. The number of nitrogens with one attached hydrogen (secondary N) is 1. The molecule has 2 nitrogen and oxygen atoms in total. The van der Waals surface area contributed by atoms with Crippen LogP contribution in [0.2, 0.25) is 0 Å². The van der Waals surface area contributed by atoms with Crippen molar-refractivity contribution in [1.29, 1.82) is 0 Å². The topological polar surface area (TPSA) is 32.3 Å². The molecule has 0 atom stereocenters. The SMILES string of the molecule is CCSc1ccc(NCC2(CO)CC2)cc1. The summed E-state index contributed by atoms with van der Waals surface area (Å²) in [6.07, 6.45) is 2.31. The molecule has 0 heterocycles. The predicted molar refractivity (Wildman–Crippen MR) is 70.1 cm³/mol. The third-order valence-corrected chi connectivity index (χ3v) is 4.02. The van der Waals surface area contributed by atoms with Crippen molar-refractivity contribution in [2.24, 2.45) is 5.41 Å². The second kappa shape index (κ2) is 5.11. The van der Waals surface area contributed by atoms with Gasteiger partial charge in [0.05, 0.1) is 6.61 Å². The minimum absolute atomic E-state index is 0.177. The quantitative estimate of drug-likeness (QED) is 0.746. The molecule has 0 amide bonds. The zero-order valence-corrected chi connectivity index (χ0v) is 10.5. The highest BCUT2D eigenvalue weighted by Crippen LogP contribution is 2.44. The fraction of sp³-hybridized carbons (Fsp3) is 0.538. The van der Waals surface area contributed by atoms with Crippen LogP contribution < -0.4 is 5.32 Å². The maximum atomic E-state index is 9.21. The zero-order chi connectivity index (χ0) is 11.4. The van der Waals surface area contributed by atoms with Gasteiger partial charge >= 0.3 is 0 Å². The minimum atomic E-state index is 0.177. The van der Waals surface area contributed by atoms with Crippen molar-refractivity contribution in [2.75, 3.05) is 24.2 Å². The monoisotopic (exact) mass is 237 g/mol. The molecule has 0 saturated heterocycles. The van der Waals surface area contributed by atoms with Gasteiger partial charge < -0.3 is 10.4 Å². The van der Waals surface area contributed by atoms with Crippen molar-refractivity contribution in [3.8, 4) is 0 Å². The minimum Gasteiger partial charge on any atom is -0.396 e. The van der Waals surface area contributed by atoms with Gasteiger partial charge in [-0.1, -0.05) is 6.92 Å². The van der Waals surface area contributed by atoms with Crippen LogP contribution in [0.3, 0.4) is 0 Å². The number of aliphatic hydroxyl groups excluding tert-OH is 1. The smallest absolute Gasteiger partial charge is 0.0504 e. The Morgan fingerprint density at radius 1 is 1.31 bits per heavy atom. The number of anilines is 1. The highest BCUT2D eigenvalue weighted by Gasteiger charge is 2.41. The second-order valence-electron chi connectivity index (χ2n) is 4.47. The Morgan fingerprint density at radius 3 is 2.50 bits per heavy atom. The van der Waals surface area contributed by atoms with E-state index in [0.717, 1.165) is 30.8 Å². The highest BCUT2D eigenvalue weighted by atomic mass is 32.2. The van der Waals surface area contributed by atoms with E-state index in [1.165, 1.54) is 4.90 Å². The van der Waals surface area contributed by atoms with Gasteiger partial charge in [-0.15, -0.1) is 11.8 Å². The highest BCUT2D eigenvalue weighted by molar-refractivity contribution is 7.99. The Morgan fingerprint density at radius 2 is 2.00 bits per heavy atom. The van der Waals surface area contributed by atoms with Crippen LogP contribution in [0.5, 0.6) is 0 Å². The first-order chi connectivity index (χ1) is 7.78. The fourth-order valence-corrected chi connectivity index (χ4v) is 2.35. The molecule has 1 aromatic rings. The van der Waals surface area contributed by atoms with Gasteiger partial charge in [-0.3, -0.25) is 0 Å². The number of thioether (sulfide) groups is 1. The van der Waals surface area contributed by atoms with Crippen LogP contribution in [0.25, 0.3) is 0 Å². The van der Waals surface area contributed by atoms with Crippen LogP contribution in [0.1, 0.15) is 19.8 Å². The number of benzene rings is 1. The fourth-order valence-electron chi connectivity index (χ4n) is 1.69. The van der Waals surface area contributed by atoms with Crippen LogP contribution in [-0.4, -0.2) is 24.0 Å². The number of hydrogen-bond acceptors (Lipinski definition) is 3. The van der Waals surface area contributed by atoms with E-state index in [0.29, 0.717) is 6.61 Å². The van der Waals surface area contributed by atoms with Crippen molar-refractivity contribution in [2.45, 2.75) is 24.7 Å². The van der Waals surface area contributed by atoms with Crippen molar-refractivity contribution in [3.63, 3.8) is 0 Å². The van der Waals surface area contributed by atoms with E-state index in [1.807, 2.05) is 11.8 Å². The molecule has 0 spiro atoms. The Kier molecular flexibility index (Phi) is 3.77. The molecular weight excluding hydrogens is 218 g/mol. The van der Waals surface area contributed by atoms with E-state index in [-0.39, 0.29) is 5.41 Å². The van der Waals surface area contributed by atoms with Gasteiger partial charge in [0.2, 0.25) is 0 Å². The third kappa shape index (κ3) is 2.92. The van der Waals surface area contributed by atoms with E-state index in [2.05, 4.69) is 36.5 Å². The van der Waals surface area contributed by atoms with Crippen molar-refractivity contribution in [3.05, 3.63) is 24.3 Å². The second-order valence-corrected chi connectivity index (χ2v) is 5.81. The van der Waals surface area contributed by atoms with E-state index >= 15 is 0 Å². The molecule has 0 unspecified atom stereocenters. The standard InChI is InChI=1S/C13H19NOS/c1-2-16-12-5-3-11(4-6-12)14-9-13(10-15)7-8-13/h3-6,14-15H,2,7-10H2,1H3. The normalized spacial score (nSPS) is 17.1. The van der Waals surface area contributed by atoms with Crippen molar-refractivity contribution in [1.82, 2.24) is 0 Å². The molecule has 1 saturated carbocycles. The lowest BCUT2D eigenvalue weighted by Crippen LogP contribution is -2.18. The molecular formula is C13H19NOS. The number of aliphatic hydroxyl groups is 1. The summed E-state index contributed by atoms with van der Waals surface area (Å²) in [6, 6.07) is 8.53. The number of hydrogen-bond donors (Lipinski definition) is 2. The van der Waals surface area contributed by atoms with E-state index < -0.39 is 0 Å². The summed E-state index contributed by atoms with van der Waals surface area (Å²) in [7, 11) is 0. The molecule has 0 bridgehead atoms. The Hall–Kier alpha value is -0.670. The van der Waals surface area contributed by atoms with E-state index in [4.69, 9.17) is 0 Å². The molecule has 1 aromatic carbocycles. The maximum Gasteiger partial charge on any atom is 0.0504 e. The van der Waals surface area contributed by atoms with Crippen LogP contribution in [0.4, 0.5) is 5.69 Å². The summed E-state index contributed by atoms with van der Waals surface area (Å²) in [6.45, 7) is 3.36. The summed E-state index contributed by atoms with van der Waals surface area (Å²) in [4.78, 5) is 1.32. The average molecular weight is 237 g/mol. The Bertz CT molecular complexity index is 332. The molecule has 16 heavy (non-hydrogen) atoms. The lowest BCUT2D eigenvalue weighted by Gasteiger charge is -2.13. The van der Waals surface area contributed by atoms with Gasteiger partial charge in [-0.2, -0.15) is 0 Å². The first-order valence-corrected chi connectivity index (χ1v) is 6.84. The molecule has 2 rings (SSSR count). The summed E-state index contributed by atoms with van der Waals surface area (Å²) in [5.41, 5.74) is 1.33. The van der Waals surface area contributed by atoms with Crippen LogP contribution in [0.15, 0.2) is 29.2 Å². The van der Waals surface area contributed by atoms with Crippen LogP contribution >= 0.6 is 11.8 Å². The molecule has 2 N–H and O–H groups in total. The Labute approximate surface area is 101 Å². The van der Waals surface area contributed by atoms with Gasteiger partial charge in [0, 0.05) is 22.5 Å². The van der Waals surface area contributed by atoms with Crippen LogP contribution in [-0.2, 0) is 0 Å². The largest absolute Gasteiger partial charge is 0.396 e. The predicted octanol–water partition coefficient (Wildman–Crippen LogP) is 2.98. The summed E-state index contributed by atoms with van der Waals surface area (Å²) in [5.74, 6) is 1.11. The molecule has 1 aliphatic rings. The molecule has 88 valence electrons. The van der Waals surface area contributed by atoms with E-state index in [9.17, 15) is 5.11 Å². The first kappa shape index (κ1) is 11.8. The molecule has 0 radical (unpaired) electrons. The summed E-state index contributed by atoms with van der Waals surface area (Å²) < 4.78 is 0. The summed E-state index contributed by atoms with van der Waals surface area (Å²) in [5, 5.41) is 12.6. The molecule has 0 aromatic heterocycles. The van der Waals surface area contributed by atoms with Gasteiger partial charge in [0.15, 0.2) is 0 Å². The van der Waals surface area contributed by atoms with Gasteiger partial charge in [-0.25, -0.2) is 0 Å². The van der Waals surface area contributed by atoms with Gasteiger partial charge in [-0.05, 0) is 42.9 Å². The lowest BCUT2D eigenvalue weighted by molar-refractivity contribution is 0.220. The average Bonchev–Trinajstić information content (AvgIpc) is 3.09. The number of rotatable bonds is 6. The Balaban J connectivity index is 1.85. The first-order valence-electron chi connectivity index (χ1n) is 5.86. The lowest BCUT2D eigenvalue weighted by atomic mass is 10.1. The van der Waals surface area contributed by atoms with E-state index in [1.54, 1.807) is 0 Å². The zero-order valence-electron chi connectivity index (χ0n) is 9.70. The van der Waals surface area contributed by atoms with Crippen molar-refractivity contribution < 1.29 is 5.11 Å². The summed E-state index contributed by atoms with van der Waals surface area (Å²) >= 11 is 1.86. The van der Waals surface area contributed by atoms with Crippen molar-refractivity contribution >= 4 is 17.4 Å². The molecule has 3 heteroatoms. The third-order valence-electron chi connectivity index (χ3n) is 3.13.